The third-order valence-corrected chi connectivity index (χ3v) is 7.61. The maximum Gasteiger partial charge on any atom is 0.194 e. The van der Waals surface area contributed by atoms with Gasteiger partial charge in [-0.15, -0.1) is 23.7 Å². The fourth-order valence-electron chi connectivity index (χ4n) is 6.19. The Morgan fingerprint density at radius 1 is 1.00 bits per heavy atom. The average molecular weight is 372 g/mol. The van der Waals surface area contributed by atoms with Gasteiger partial charge in [-0.1, -0.05) is 0 Å². The van der Waals surface area contributed by atoms with E-state index in [1.54, 1.807) is 11.3 Å². The van der Waals surface area contributed by atoms with Crippen molar-refractivity contribution in [2.24, 2.45) is 17.8 Å². The molecule has 5 heteroatoms. The molecule has 0 spiro atoms. The fraction of sp³-hybridized carbons (Fsp3) is 0.500. The van der Waals surface area contributed by atoms with Crippen LogP contribution in [-0.2, 0) is 5.41 Å². The molecule has 25 heavy (non-hydrogen) atoms. The van der Waals surface area contributed by atoms with Gasteiger partial charge in [0.1, 0.15) is 0 Å². The van der Waals surface area contributed by atoms with E-state index < -0.39 is 0 Å². The van der Waals surface area contributed by atoms with Gasteiger partial charge >= 0.3 is 0 Å². The van der Waals surface area contributed by atoms with E-state index in [0.717, 1.165) is 22.7 Å². The van der Waals surface area contributed by atoms with Gasteiger partial charge in [0, 0.05) is 34.9 Å². The summed E-state index contributed by atoms with van der Waals surface area (Å²) in [7, 11) is 0. The molecule has 0 aliphatic heterocycles. The molecule has 4 fully saturated rings. The zero-order valence-electron chi connectivity index (χ0n) is 14.1. The Balaban J connectivity index is 0.00000140. The molecule has 3 heterocycles. The second kappa shape index (κ2) is 5.55. The largest absolute Gasteiger partial charge is 0.290 e. The summed E-state index contributed by atoms with van der Waals surface area (Å²) in [5, 5.41) is 2.22. The number of aromatic nitrogens is 3. The van der Waals surface area contributed by atoms with Crippen LogP contribution in [0.2, 0.25) is 0 Å². The van der Waals surface area contributed by atoms with Crippen LogP contribution in [0.4, 0.5) is 0 Å². The number of pyridine rings is 1. The lowest BCUT2D eigenvalue weighted by molar-refractivity contribution is -0.00696. The lowest BCUT2D eigenvalue weighted by Gasteiger charge is -2.56. The summed E-state index contributed by atoms with van der Waals surface area (Å²) in [5.74, 6) is 2.90. The van der Waals surface area contributed by atoms with Gasteiger partial charge in [0.05, 0.1) is 11.4 Å². The molecule has 3 nitrogen and oxygen atoms in total. The molecule has 130 valence electrons. The van der Waals surface area contributed by atoms with Crippen molar-refractivity contribution in [1.82, 2.24) is 14.4 Å². The van der Waals surface area contributed by atoms with Crippen molar-refractivity contribution >= 4 is 28.7 Å². The molecule has 7 rings (SSSR count). The molecular weight excluding hydrogens is 350 g/mol. The second-order valence-corrected chi connectivity index (χ2v) is 9.17. The topological polar surface area (TPSA) is 30.2 Å². The Labute approximate surface area is 157 Å². The Hall–Kier alpha value is -1.39. The van der Waals surface area contributed by atoms with Crippen molar-refractivity contribution in [2.75, 3.05) is 0 Å². The van der Waals surface area contributed by atoms with Gasteiger partial charge in [-0.25, -0.2) is 4.98 Å². The van der Waals surface area contributed by atoms with Crippen LogP contribution in [0.5, 0.6) is 0 Å². The maximum absolute atomic E-state index is 5.11. The van der Waals surface area contributed by atoms with Crippen molar-refractivity contribution < 1.29 is 0 Å². The maximum atomic E-state index is 5.11. The van der Waals surface area contributed by atoms with Crippen molar-refractivity contribution in [3.63, 3.8) is 0 Å². The van der Waals surface area contributed by atoms with Crippen molar-refractivity contribution in [3.05, 3.63) is 41.8 Å². The quantitative estimate of drug-likeness (QED) is 0.608. The Morgan fingerprint density at radius 3 is 2.28 bits per heavy atom. The third kappa shape index (κ3) is 2.30. The molecule has 0 amide bonds. The van der Waals surface area contributed by atoms with Crippen LogP contribution in [0.1, 0.15) is 44.2 Å². The lowest BCUT2D eigenvalue weighted by Crippen LogP contribution is -2.48. The van der Waals surface area contributed by atoms with Crippen LogP contribution >= 0.6 is 23.7 Å². The molecule has 0 radical (unpaired) electrons. The highest BCUT2D eigenvalue weighted by atomic mass is 35.5. The van der Waals surface area contributed by atoms with Crippen LogP contribution in [0, 0.1) is 17.8 Å². The smallest absolute Gasteiger partial charge is 0.194 e. The molecule has 3 aromatic rings. The lowest BCUT2D eigenvalue weighted by atomic mass is 9.49. The van der Waals surface area contributed by atoms with Gasteiger partial charge < -0.3 is 0 Å². The van der Waals surface area contributed by atoms with E-state index in [9.17, 15) is 0 Å². The first kappa shape index (κ1) is 15.8. The number of halogens is 1. The first-order chi connectivity index (χ1) is 11.8. The summed E-state index contributed by atoms with van der Waals surface area (Å²) in [4.78, 5) is 10.4. The summed E-state index contributed by atoms with van der Waals surface area (Å²) in [5.41, 5.74) is 4.24. The summed E-state index contributed by atoms with van der Waals surface area (Å²) < 4.78 is 2.31. The Morgan fingerprint density at radius 2 is 1.64 bits per heavy atom. The minimum atomic E-state index is 0. The van der Waals surface area contributed by atoms with Gasteiger partial charge in [-0.2, -0.15) is 0 Å². The van der Waals surface area contributed by atoms with Crippen molar-refractivity contribution in [3.8, 4) is 11.3 Å². The third-order valence-electron chi connectivity index (χ3n) is 6.77. The van der Waals surface area contributed by atoms with Crippen molar-refractivity contribution in [2.45, 2.75) is 43.9 Å². The van der Waals surface area contributed by atoms with Crippen LogP contribution < -0.4 is 0 Å². The summed E-state index contributed by atoms with van der Waals surface area (Å²) in [6, 6.07) is 4.18. The van der Waals surface area contributed by atoms with Crippen LogP contribution in [0.25, 0.3) is 16.2 Å². The molecule has 4 bridgehead atoms. The number of thiazole rings is 1. The molecule has 0 unspecified atom stereocenters. The van der Waals surface area contributed by atoms with Gasteiger partial charge in [0.2, 0.25) is 0 Å². The molecule has 3 aromatic heterocycles. The minimum Gasteiger partial charge on any atom is -0.290 e. The van der Waals surface area contributed by atoms with E-state index in [1.807, 2.05) is 12.4 Å². The standard InChI is InChI=1S/C20H21N3S.ClH/c1-3-21-4-2-16(1)17-12-24-19-22-18(11-23(17)19)20-8-13-5-14(9-20)7-15(6-13)10-20;/h1-4,11-15H,5-10H2;1H. The van der Waals surface area contributed by atoms with E-state index in [-0.39, 0.29) is 12.4 Å². The normalized spacial score (nSPS) is 32.9. The Kier molecular flexibility index (Phi) is 3.52. The fourth-order valence-corrected chi connectivity index (χ4v) is 7.08. The van der Waals surface area contributed by atoms with Gasteiger partial charge in [-0.05, 0) is 68.4 Å². The summed E-state index contributed by atoms with van der Waals surface area (Å²) in [6.45, 7) is 0. The van der Waals surface area contributed by atoms with Gasteiger partial charge in [0.25, 0.3) is 0 Å². The molecule has 0 saturated heterocycles. The first-order valence-electron chi connectivity index (χ1n) is 9.17. The van der Waals surface area contributed by atoms with E-state index in [4.69, 9.17) is 4.98 Å². The molecule has 4 saturated carbocycles. The molecule has 0 aromatic carbocycles. The zero-order valence-corrected chi connectivity index (χ0v) is 15.7. The molecule has 0 N–H and O–H groups in total. The number of imidazole rings is 1. The molecule has 4 aliphatic carbocycles. The predicted octanol–water partition coefficient (Wildman–Crippen LogP) is 5.35. The molecular formula is C20H22ClN3S. The van der Waals surface area contributed by atoms with Gasteiger partial charge in [-0.3, -0.25) is 9.38 Å². The average Bonchev–Trinajstić information content (AvgIpc) is 3.15. The van der Waals surface area contributed by atoms with E-state index >= 15 is 0 Å². The zero-order chi connectivity index (χ0) is 15.7. The number of rotatable bonds is 2. The Bertz CT molecular complexity index is 878. The van der Waals surface area contributed by atoms with E-state index in [0.29, 0.717) is 5.41 Å². The number of nitrogens with zero attached hydrogens (tertiary/aromatic N) is 3. The van der Waals surface area contributed by atoms with E-state index in [1.165, 1.54) is 55.5 Å². The van der Waals surface area contributed by atoms with Crippen LogP contribution in [-0.4, -0.2) is 14.4 Å². The number of hydrogen-bond donors (Lipinski definition) is 0. The minimum absolute atomic E-state index is 0. The first-order valence-corrected chi connectivity index (χ1v) is 10.0. The van der Waals surface area contributed by atoms with Crippen LogP contribution in [0.3, 0.4) is 0 Å². The van der Waals surface area contributed by atoms with Crippen LogP contribution in [0.15, 0.2) is 36.1 Å². The summed E-state index contributed by atoms with van der Waals surface area (Å²) in [6.07, 6.45) is 14.7. The highest BCUT2D eigenvalue weighted by Crippen LogP contribution is 2.60. The predicted molar refractivity (Wildman–Crippen MR) is 103 cm³/mol. The highest BCUT2D eigenvalue weighted by molar-refractivity contribution is 7.15. The molecule has 4 aliphatic rings. The number of fused-ring (bicyclic) bond motifs is 1. The SMILES string of the molecule is Cl.c1cc(-c2csc3nc(C45CC6CC(CC(C6)C4)C5)cn23)ccn1. The van der Waals surface area contributed by atoms with E-state index in [2.05, 4.69) is 33.1 Å². The van der Waals surface area contributed by atoms with Crippen molar-refractivity contribution in [1.29, 1.82) is 0 Å². The number of hydrogen-bond acceptors (Lipinski definition) is 3. The second-order valence-electron chi connectivity index (χ2n) is 8.33. The monoisotopic (exact) mass is 371 g/mol. The highest BCUT2D eigenvalue weighted by Gasteiger charge is 2.52. The molecule has 0 atom stereocenters. The summed E-state index contributed by atoms with van der Waals surface area (Å²) >= 11 is 1.77. The van der Waals surface area contributed by atoms with Gasteiger partial charge in [0.15, 0.2) is 4.96 Å².